The van der Waals surface area contributed by atoms with Gasteiger partial charge in [0, 0.05) is 17.8 Å². The maximum atomic E-state index is 12.5. The Kier molecular flexibility index (Phi) is 5.98. The van der Waals surface area contributed by atoms with E-state index >= 15 is 0 Å². The fraction of sp³-hybridized carbons (Fsp3) is 0.316. The lowest BCUT2D eigenvalue weighted by molar-refractivity contribution is 0.102. The molecule has 2 aromatic carbocycles. The Morgan fingerprint density at radius 3 is 2.24 bits per heavy atom. The first-order valence-electron chi connectivity index (χ1n) is 8.18. The molecule has 0 aliphatic carbocycles. The van der Waals surface area contributed by atoms with Crippen LogP contribution in [0.1, 0.15) is 35.3 Å². The van der Waals surface area contributed by atoms with Gasteiger partial charge in [0.05, 0.1) is 4.90 Å². The van der Waals surface area contributed by atoms with Crippen LogP contribution in [0.5, 0.6) is 0 Å². The average molecular weight is 360 g/mol. The van der Waals surface area contributed by atoms with E-state index in [1.807, 2.05) is 45.9 Å². The van der Waals surface area contributed by atoms with Crippen LogP contribution in [0.15, 0.2) is 47.4 Å². The normalized spacial score (nSPS) is 11.6. The molecular weight excluding hydrogens is 336 g/mol. The molecule has 2 N–H and O–H groups in total. The molecule has 0 saturated heterocycles. The smallest absolute Gasteiger partial charge is 0.255 e. The molecule has 0 spiro atoms. The third-order valence-electron chi connectivity index (χ3n) is 3.81. The number of hydrogen-bond donors (Lipinski definition) is 2. The van der Waals surface area contributed by atoms with Crippen molar-refractivity contribution in [3.63, 3.8) is 0 Å². The predicted molar refractivity (Wildman–Crippen MR) is 100 cm³/mol. The van der Waals surface area contributed by atoms with Gasteiger partial charge in [-0.1, -0.05) is 38.1 Å². The summed E-state index contributed by atoms with van der Waals surface area (Å²) in [6.07, 6.45) is 0. The third kappa shape index (κ3) is 4.90. The topological polar surface area (TPSA) is 75.3 Å². The summed E-state index contributed by atoms with van der Waals surface area (Å²) < 4.78 is 27.2. The highest BCUT2D eigenvalue weighted by Gasteiger charge is 2.17. The van der Waals surface area contributed by atoms with Gasteiger partial charge < -0.3 is 5.32 Å². The first-order valence-corrected chi connectivity index (χ1v) is 9.66. The molecular formula is C19H24N2O3S. The van der Waals surface area contributed by atoms with E-state index in [-0.39, 0.29) is 16.7 Å². The van der Waals surface area contributed by atoms with Crippen molar-refractivity contribution in [1.29, 1.82) is 0 Å². The van der Waals surface area contributed by atoms with Crippen molar-refractivity contribution in [3.8, 4) is 0 Å². The van der Waals surface area contributed by atoms with Gasteiger partial charge in [-0.15, -0.1) is 0 Å². The Bertz CT molecular complexity index is 854. The standard InChI is InChI=1S/C19H24N2O3S/c1-13(2)12-20-25(23,24)17-10-6-9-16(11-17)19(22)21-18-14(3)7-5-8-15(18)4/h5-11,13,20H,12H2,1-4H3,(H,21,22). The molecule has 0 aliphatic rings. The molecule has 1 amide bonds. The summed E-state index contributed by atoms with van der Waals surface area (Å²) in [6.45, 7) is 8.04. The van der Waals surface area contributed by atoms with Crippen LogP contribution >= 0.6 is 0 Å². The van der Waals surface area contributed by atoms with Crippen molar-refractivity contribution in [3.05, 3.63) is 59.2 Å². The lowest BCUT2D eigenvalue weighted by atomic mass is 10.1. The minimum absolute atomic E-state index is 0.0855. The number of benzene rings is 2. The van der Waals surface area contributed by atoms with Gasteiger partial charge in [-0.25, -0.2) is 13.1 Å². The zero-order valence-electron chi connectivity index (χ0n) is 15.0. The van der Waals surface area contributed by atoms with Gasteiger partial charge in [0.2, 0.25) is 10.0 Å². The average Bonchev–Trinajstić information content (AvgIpc) is 2.56. The molecule has 0 bridgehead atoms. The summed E-state index contributed by atoms with van der Waals surface area (Å²) in [4.78, 5) is 12.6. The summed E-state index contributed by atoms with van der Waals surface area (Å²) in [7, 11) is -3.63. The quantitative estimate of drug-likeness (QED) is 0.828. The van der Waals surface area contributed by atoms with E-state index in [1.165, 1.54) is 12.1 Å². The molecule has 0 atom stereocenters. The fourth-order valence-corrected chi connectivity index (χ4v) is 3.62. The summed E-state index contributed by atoms with van der Waals surface area (Å²) in [5.74, 6) is -0.136. The second-order valence-electron chi connectivity index (χ2n) is 6.49. The van der Waals surface area contributed by atoms with Crippen LogP contribution in [0.2, 0.25) is 0 Å². The number of rotatable bonds is 6. The largest absolute Gasteiger partial charge is 0.322 e. The van der Waals surface area contributed by atoms with Crippen LogP contribution in [0.4, 0.5) is 5.69 Å². The molecule has 134 valence electrons. The second kappa shape index (κ2) is 7.80. The SMILES string of the molecule is Cc1cccc(C)c1NC(=O)c1cccc(S(=O)(=O)NCC(C)C)c1. The number of nitrogens with one attached hydrogen (secondary N) is 2. The van der Waals surface area contributed by atoms with Gasteiger partial charge in [0.25, 0.3) is 5.91 Å². The molecule has 0 unspecified atom stereocenters. The molecule has 0 radical (unpaired) electrons. The second-order valence-corrected chi connectivity index (χ2v) is 8.26. The zero-order valence-corrected chi connectivity index (χ0v) is 15.8. The monoisotopic (exact) mass is 360 g/mol. The molecule has 5 nitrogen and oxygen atoms in total. The highest BCUT2D eigenvalue weighted by Crippen LogP contribution is 2.21. The lowest BCUT2D eigenvalue weighted by Gasteiger charge is -2.13. The van der Waals surface area contributed by atoms with E-state index < -0.39 is 10.0 Å². The number of carbonyl (C=O) groups excluding carboxylic acids is 1. The lowest BCUT2D eigenvalue weighted by Crippen LogP contribution is -2.27. The van der Waals surface area contributed by atoms with Gasteiger partial charge >= 0.3 is 0 Å². The molecule has 0 aliphatic heterocycles. The molecule has 2 aromatic rings. The number of hydrogen-bond acceptors (Lipinski definition) is 3. The Balaban J connectivity index is 2.25. The van der Waals surface area contributed by atoms with Crippen LogP contribution in [0.25, 0.3) is 0 Å². The summed E-state index contributed by atoms with van der Waals surface area (Å²) in [6, 6.07) is 11.8. The first-order chi connectivity index (χ1) is 11.7. The first kappa shape index (κ1) is 19.1. The molecule has 6 heteroatoms. The van der Waals surface area contributed by atoms with Crippen molar-refractivity contribution in [2.75, 3.05) is 11.9 Å². The third-order valence-corrected chi connectivity index (χ3v) is 5.23. The molecule has 25 heavy (non-hydrogen) atoms. The van der Waals surface area contributed by atoms with E-state index in [2.05, 4.69) is 10.0 Å². The molecule has 0 aromatic heterocycles. The number of sulfonamides is 1. The van der Waals surface area contributed by atoms with E-state index in [0.29, 0.717) is 12.1 Å². The number of anilines is 1. The Labute approximate surface area is 149 Å². The minimum atomic E-state index is -3.63. The van der Waals surface area contributed by atoms with Gasteiger partial charge in [-0.2, -0.15) is 0 Å². The highest BCUT2D eigenvalue weighted by molar-refractivity contribution is 7.89. The summed E-state index contributed by atoms with van der Waals surface area (Å²) >= 11 is 0. The van der Waals surface area contributed by atoms with E-state index in [1.54, 1.807) is 12.1 Å². The number of carbonyl (C=O) groups is 1. The maximum absolute atomic E-state index is 12.5. The number of aryl methyl sites for hydroxylation is 2. The number of amides is 1. The van der Waals surface area contributed by atoms with Gasteiger partial charge in [0.15, 0.2) is 0 Å². The van der Waals surface area contributed by atoms with E-state index in [9.17, 15) is 13.2 Å². The van der Waals surface area contributed by atoms with Crippen molar-refractivity contribution in [2.24, 2.45) is 5.92 Å². The van der Waals surface area contributed by atoms with Crippen LogP contribution < -0.4 is 10.0 Å². The zero-order chi connectivity index (χ0) is 18.6. The predicted octanol–water partition coefficient (Wildman–Crippen LogP) is 3.49. The maximum Gasteiger partial charge on any atom is 0.255 e. The van der Waals surface area contributed by atoms with Crippen molar-refractivity contribution < 1.29 is 13.2 Å². The van der Waals surface area contributed by atoms with Crippen LogP contribution in [0, 0.1) is 19.8 Å². The highest BCUT2D eigenvalue weighted by atomic mass is 32.2. The van der Waals surface area contributed by atoms with Gasteiger partial charge in [-0.05, 0) is 49.1 Å². The van der Waals surface area contributed by atoms with E-state index in [4.69, 9.17) is 0 Å². The molecule has 0 heterocycles. The van der Waals surface area contributed by atoms with Crippen molar-refractivity contribution >= 4 is 21.6 Å². The Hall–Kier alpha value is -2.18. The molecule has 2 rings (SSSR count). The van der Waals surface area contributed by atoms with E-state index in [0.717, 1.165) is 16.8 Å². The summed E-state index contributed by atoms with van der Waals surface area (Å²) in [5, 5.41) is 2.87. The van der Waals surface area contributed by atoms with Gasteiger partial charge in [0.1, 0.15) is 0 Å². The molecule has 0 fully saturated rings. The van der Waals surface area contributed by atoms with Gasteiger partial charge in [-0.3, -0.25) is 4.79 Å². The number of para-hydroxylation sites is 1. The van der Waals surface area contributed by atoms with Crippen LogP contribution in [-0.4, -0.2) is 20.9 Å². The van der Waals surface area contributed by atoms with Crippen molar-refractivity contribution in [2.45, 2.75) is 32.6 Å². The van der Waals surface area contributed by atoms with Crippen LogP contribution in [0.3, 0.4) is 0 Å². The Morgan fingerprint density at radius 2 is 1.64 bits per heavy atom. The van der Waals surface area contributed by atoms with Crippen LogP contribution in [-0.2, 0) is 10.0 Å². The fourth-order valence-electron chi connectivity index (χ4n) is 2.36. The summed E-state index contributed by atoms with van der Waals surface area (Å²) in [5.41, 5.74) is 2.96. The minimum Gasteiger partial charge on any atom is -0.322 e. The molecule has 0 saturated carbocycles. The van der Waals surface area contributed by atoms with Crippen molar-refractivity contribution in [1.82, 2.24) is 4.72 Å². The Morgan fingerprint density at radius 1 is 1.04 bits per heavy atom.